The molecule has 1 N–H and O–H groups in total. The molecule has 104 valence electrons. The van der Waals surface area contributed by atoms with Gasteiger partial charge in [0, 0.05) is 10.7 Å². The summed E-state index contributed by atoms with van der Waals surface area (Å²) in [4.78, 5) is 12.1. The van der Waals surface area contributed by atoms with Gasteiger partial charge in [0.25, 0.3) is 5.91 Å². The maximum absolute atomic E-state index is 12.1. The van der Waals surface area contributed by atoms with E-state index in [1.54, 1.807) is 30.3 Å². The fourth-order valence-electron chi connectivity index (χ4n) is 1.78. The number of nitrogens with zero attached hydrogens (tertiary/aromatic N) is 1. The van der Waals surface area contributed by atoms with Gasteiger partial charge in [0.15, 0.2) is 0 Å². The van der Waals surface area contributed by atoms with Crippen molar-refractivity contribution < 1.29 is 4.79 Å². The quantitative estimate of drug-likeness (QED) is 0.682. The molecule has 0 heterocycles. The van der Waals surface area contributed by atoms with Crippen LogP contribution in [0.3, 0.4) is 0 Å². The second-order valence-electron chi connectivity index (χ2n) is 4.49. The molecule has 2 rings (SSSR count). The minimum Gasteiger partial charge on any atom is -0.321 e. The van der Waals surface area contributed by atoms with Crippen LogP contribution < -0.4 is 5.32 Å². The van der Waals surface area contributed by atoms with Crippen LogP contribution in [0, 0.1) is 18.3 Å². The first-order chi connectivity index (χ1) is 10.1. The molecule has 0 aliphatic heterocycles. The average molecular weight is 297 g/mol. The van der Waals surface area contributed by atoms with Gasteiger partial charge in [0.2, 0.25) is 0 Å². The third-order valence-electron chi connectivity index (χ3n) is 2.96. The standard InChI is InChI=1S/C17H13ClN2O/c1-12-4-2-3-5-13(12)10-14(11-19)17(21)20-16-8-6-15(18)7-9-16/h2-10H,1H3,(H,20,21). The summed E-state index contributed by atoms with van der Waals surface area (Å²) in [5.74, 6) is -0.442. The zero-order valence-corrected chi connectivity index (χ0v) is 12.2. The lowest BCUT2D eigenvalue weighted by Gasteiger charge is -2.05. The number of hydrogen-bond donors (Lipinski definition) is 1. The number of aryl methyl sites for hydroxylation is 1. The lowest BCUT2D eigenvalue weighted by Crippen LogP contribution is -2.13. The number of anilines is 1. The molecule has 0 aliphatic rings. The average Bonchev–Trinajstić information content (AvgIpc) is 2.48. The maximum atomic E-state index is 12.1. The highest BCUT2D eigenvalue weighted by Gasteiger charge is 2.10. The van der Waals surface area contributed by atoms with E-state index in [1.165, 1.54) is 0 Å². The predicted octanol–water partition coefficient (Wildman–Crippen LogP) is 4.19. The molecule has 21 heavy (non-hydrogen) atoms. The number of carbonyl (C=O) groups excluding carboxylic acids is 1. The normalized spacial score (nSPS) is 10.8. The summed E-state index contributed by atoms with van der Waals surface area (Å²) in [5.41, 5.74) is 2.50. The highest BCUT2D eigenvalue weighted by molar-refractivity contribution is 6.30. The Morgan fingerprint density at radius 2 is 1.86 bits per heavy atom. The third kappa shape index (κ3) is 3.95. The van der Waals surface area contributed by atoms with Crippen LogP contribution in [0.25, 0.3) is 6.08 Å². The van der Waals surface area contributed by atoms with E-state index in [0.29, 0.717) is 10.7 Å². The van der Waals surface area contributed by atoms with Gasteiger partial charge in [-0.3, -0.25) is 4.79 Å². The Morgan fingerprint density at radius 3 is 2.48 bits per heavy atom. The summed E-state index contributed by atoms with van der Waals surface area (Å²) in [5, 5.41) is 12.4. The summed E-state index contributed by atoms with van der Waals surface area (Å²) in [6.07, 6.45) is 1.58. The molecule has 0 radical (unpaired) electrons. The van der Waals surface area contributed by atoms with Crippen molar-refractivity contribution in [3.8, 4) is 6.07 Å². The van der Waals surface area contributed by atoms with Crippen molar-refractivity contribution in [3.63, 3.8) is 0 Å². The van der Waals surface area contributed by atoms with Crippen LogP contribution in [-0.4, -0.2) is 5.91 Å². The lowest BCUT2D eigenvalue weighted by molar-refractivity contribution is -0.112. The van der Waals surface area contributed by atoms with Gasteiger partial charge in [-0.25, -0.2) is 0 Å². The zero-order valence-electron chi connectivity index (χ0n) is 11.4. The zero-order chi connectivity index (χ0) is 15.2. The topological polar surface area (TPSA) is 52.9 Å². The molecule has 2 aromatic rings. The molecule has 2 aromatic carbocycles. The molecule has 0 atom stereocenters. The summed E-state index contributed by atoms with van der Waals surface area (Å²) < 4.78 is 0. The van der Waals surface area contributed by atoms with E-state index in [1.807, 2.05) is 37.3 Å². The predicted molar refractivity (Wildman–Crippen MR) is 84.9 cm³/mol. The summed E-state index contributed by atoms with van der Waals surface area (Å²) in [6, 6.07) is 16.2. The van der Waals surface area contributed by atoms with Crippen molar-refractivity contribution in [1.82, 2.24) is 0 Å². The van der Waals surface area contributed by atoms with Crippen LogP contribution in [0.4, 0.5) is 5.69 Å². The van der Waals surface area contributed by atoms with E-state index in [9.17, 15) is 10.1 Å². The Morgan fingerprint density at radius 1 is 1.19 bits per heavy atom. The molecule has 3 nitrogen and oxygen atoms in total. The van der Waals surface area contributed by atoms with Crippen molar-refractivity contribution in [2.75, 3.05) is 5.32 Å². The fourth-order valence-corrected chi connectivity index (χ4v) is 1.91. The first-order valence-electron chi connectivity index (χ1n) is 6.34. The molecular formula is C17H13ClN2O. The van der Waals surface area contributed by atoms with Crippen molar-refractivity contribution in [2.45, 2.75) is 6.92 Å². The van der Waals surface area contributed by atoms with Gasteiger partial charge in [0.05, 0.1) is 0 Å². The molecular weight excluding hydrogens is 284 g/mol. The number of amides is 1. The first-order valence-corrected chi connectivity index (χ1v) is 6.72. The maximum Gasteiger partial charge on any atom is 0.266 e. The number of carbonyl (C=O) groups is 1. The fraction of sp³-hybridized carbons (Fsp3) is 0.0588. The van der Waals surface area contributed by atoms with E-state index in [0.717, 1.165) is 11.1 Å². The van der Waals surface area contributed by atoms with Gasteiger partial charge in [-0.15, -0.1) is 0 Å². The van der Waals surface area contributed by atoms with E-state index < -0.39 is 5.91 Å². The smallest absolute Gasteiger partial charge is 0.266 e. The molecule has 0 saturated heterocycles. The van der Waals surface area contributed by atoms with Gasteiger partial charge in [-0.05, 0) is 48.4 Å². The number of benzene rings is 2. The van der Waals surface area contributed by atoms with E-state index in [2.05, 4.69) is 5.32 Å². The van der Waals surface area contributed by atoms with E-state index in [-0.39, 0.29) is 5.57 Å². The van der Waals surface area contributed by atoms with Crippen LogP contribution in [0.1, 0.15) is 11.1 Å². The van der Waals surface area contributed by atoms with Gasteiger partial charge in [-0.2, -0.15) is 5.26 Å². The Kier molecular flexibility index (Phi) is 4.76. The molecule has 1 amide bonds. The van der Waals surface area contributed by atoms with Crippen LogP contribution in [-0.2, 0) is 4.79 Å². The highest BCUT2D eigenvalue weighted by Crippen LogP contribution is 2.16. The Balaban J connectivity index is 2.22. The molecule has 0 saturated carbocycles. The van der Waals surface area contributed by atoms with Crippen LogP contribution in [0.15, 0.2) is 54.1 Å². The molecule has 0 fully saturated rings. The van der Waals surface area contributed by atoms with Crippen molar-refractivity contribution in [1.29, 1.82) is 5.26 Å². The molecule has 4 heteroatoms. The molecule has 0 aromatic heterocycles. The van der Waals surface area contributed by atoms with Gasteiger partial charge in [-0.1, -0.05) is 35.9 Å². The lowest BCUT2D eigenvalue weighted by atomic mass is 10.1. The highest BCUT2D eigenvalue weighted by atomic mass is 35.5. The SMILES string of the molecule is Cc1ccccc1C=C(C#N)C(=O)Nc1ccc(Cl)cc1. The van der Waals surface area contributed by atoms with E-state index >= 15 is 0 Å². The van der Waals surface area contributed by atoms with Crippen LogP contribution in [0.2, 0.25) is 5.02 Å². The number of nitrogens with one attached hydrogen (secondary N) is 1. The second kappa shape index (κ2) is 6.74. The molecule has 0 bridgehead atoms. The minimum atomic E-state index is -0.442. The van der Waals surface area contributed by atoms with Crippen molar-refractivity contribution in [3.05, 3.63) is 70.3 Å². The second-order valence-corrected chi connectivity index (χ2v) is 4.92. The third-order valence-corrected chi connectivity index (χ3v) is 3.21. The Hall–Kier alpha value is -2.57. The number of nitriles is 1. The largest absolute Gasteiger partial charge is 0.321 e. The summed E-state index contributed by atoms with van der Waals surface area (Å²) >= 11 is 5.79. The van der Waals surface area contributed by atoms with Crippen molar-refractivity contribution >= 4 is 29.3 Å². The number of hydrogen-bond acceptors (Lipinski definition) is 2. The van der Waals surface area contributed by atoms with Crippen LogP contribution >= 0.6 is 11.6 Å². The summed E-state index contributed by atoms with van der Waals surface area (Å²) in [6.45, 7) is 1.93. The van der Waals surface area contributed by atoms with Crippen LogP contribution in [0.5, 0.6) is 0 Å². The van der Waals surface area contributed by atoms with Gasteiger partial charge >= 0.3 is 0 Å². The molecule has 0 aliphatic carbocycles. The Labute approximate surface area is 128 Å². The monoisotopic (exact) mass is 296 g/mol. The Bertz CT molecular complexity index is 727. The number of rotatable bonds is 3. The summed E-state index contributed by atoms with van der Waals surface area (Å²) in [7, 11) is 0. The molecule has 0 spiro atoms. The first kappa shape index (κ1) is 14.8. The van der Waals surface area contributed by atoms with Gasteiger partial charge < -0.3 is 5.32 Å². The van der Waals surface area contributed by atoms with Crippen molar-refractivity contribution in [2.24, 2.45) is 0 Å². The minimum absolute atomic E-state index is 0.0549. The van der Waals surface area contributed by atoms with Gasteiger partial charge in [0.1, 0.15) is 11.6 Å². The van der Waals surface area contributed by atoms with E-state index in [4.69, 9.17) is 11.6 Å². The number of halogens is 1. The molecule has 0 unspecified atom stereocenters.